The van der Waals surface area contributed by atoms with E-state index in [2.05, 4.69) is 0 Å². The average Bonchev–Trinajstić information content (AvgIpc) is 2.47. The molecule has 2 heterocycles. The Morgan fingerprint density at radius 2 is 2.04 bits per heavy atom. The molecule has 2 unspecified atom stereocenters. The molecule has 1 aromatic carbocycles. The Hall–Kier alpha value is -2.54. The molecule has 7 nitrogen and oxygen atoms in total. The van der Waals surface area contributed by atoms with Crippen molar-refractivity contribution in [1.82, 2.24) is 4.90 Å². The molecule has 2 N–H and O–H groups in total. The van der Waals surface area contributed by atoms with E-state index in [1.165, 1.54) is 13.0 Å². The van der Waals surface area contributed by atoms with Crippen molar-refractivity contribution in [3.8, 4) is 11.5 Å². The third-order valence-corrected chi connectivity index (χ3v) is 4.57. The van der Waals surface area contributed by atoms with E-state index in [0.29, 0.717) is 24.3 Å². The Morgan fingerprint density at radius 3 is 2.72 bits per heavy atom. The van der Waals surface area contributed by atoms with E-state index < -0.39 is 12.1 Å². The molecule has 3 rings (SSSR count). The zero-order valence-electron chi connectivity index (χ0n) is 14.4. The zero-order chi connectivity index (χ0) is 18.3. The summed E-state index contributed by atoms with van der Waals surface area (Å²) in [6.45, 7) is 4.21. The molecule has 1 aliphatic heterocycles. The SMILES string of the molecule is CC(=O)OC1CN(C)CCC1c1c(O)cc(O)c2c(=O)cc(C)oc12. The normalized spacial score (nSPS) is 21.4. The molecule has 2 atom stereocenters. The highest BCUT2D eigenvalue weighted by Crippen LogP contribution is 2.42. The number of hydrogen-bond acceptors (Lipinski definition) is 7. The maximum Gasteiger partial charge on any atom is 0.302 e. The Bertz CT molecular complexity index is 887. The summed E-state index contributed by atoms with van der Waals surface area (Å²) >= 11 is 0. The Labute approximate surface area is 144 Å². The minimum Gasteiger partial charge on any atom is -0.507 e. The van der Waals surface area contributed by atoms with Crippen LogP contribution in [0.3, 0.4) is 0 Å². The fourth-order valence-corrected chi connectivity index (χ4v) is 3.53. The highest BCUT2D eigenvalue weighted by molar-refractivity contribution is 5.88. The summed E-state index contributed by atoms with van der Waals surface area (Å²) in [6.07, 6.45) is 0.125. The monoisotopic (exact) mass is 347 g/mol. The maximum absolute atomic E-state index is 12.3. The summed E-state index contributed by atoms with van der Waals surface area (Å²) in [7, 11) is 1.92. The van der Waals surface area contributed by atoms with Crippen molar-refractivity contribution in [3.63, 3.8) is 0 Å². The van der Waals surface area contributed by atoms with Crippen LogP contribution in [0.2, 0.25) is 0 Å². The largest absolute Gasteiger partial charge is 0.507 e. The lowest BCUT2D eigenvalue weighted by molar-refractivity contribution is -0.149. The van der Waals surface area contributed by atoms with Crippen LogP contribution in [0.15, 0.2) is 21.3 Å². The number of rotatable bonds is 2. The molecule has 1 saturated heterocycles. The number of hydrogen-bond donors (Lipinski definition) is 2. The van der Waals surface area contributed by atoms with Gasteiger partial charge in [-0.3, -0.25) is 9.59 Å². The van der Waals surface area contributed by atoms with Crippen molar-refractivity contribution in [2.45, 2.75) is 32.3 Å². The number of benzene rings is 1. The number of phenolic OH excluding ortho intramolecular Hbond substituents is 2. The van der Waals surface area contributed by atoms with Crippen LogP contribution in [0.1, 0.15) is 30.6 Å². The molecule has 0 bridgehead atoms. The van der Waals surface area contributed by atoms with Gasteiger partial charge in [0.2, 0.25) is 0 Å². The number of ether oxygens (including phenoxy) is 1. The van der Waals surface area contributed by atoms with Crippen molar-refractivity contribution < 1.29 is 24.2 Å². The molecular formula is C18H21NO6. The highest BCUT2D eigenvalue weighted by Gasteiger charge is 2.35. The number of aryl methyl sites for hydroxylation is 1. The zero-order valence-corrected chi connectivity index (χ0v) is 14.4. The summed E-state index contributed by atoms with van der Waals surface area (Å²) in [5, 5.41) is 20.6. The molecule has 1 fully saturated rings. The van der Waals surface area contributed by atoms with Gasteiger partial charge in [0.05, 0.1) is 0 Å². The van der Waals surface area contributed by atoms with Crippen molar-refractivity contribution in [2.75, 3.05) is 20.1 Å². The molecule has 0 aliphatic carbocycles. The minimum absolute atomic E-state index is 0.0268. The van der Waals surface area contributed by atoms with Crippen LogP contribution < -0.4 is 5.43 Å². The van der Waals surface area contributed by atoms with E-state index in [1.54, 1.807) is 6.92 Å². The number of aromatic hydroxyl groups is 2. The smallest absolute Gasteiger partial charge is 0.302 e. The number of esters is 1. The molecule has 25 heavy (non-hydrogen) atoms. The lowest BCUT2D eigenvalue weighted by atomic mass is 9.85. The van der Waals surface area contributed by atoms with Crippen LogP contribution in [0.4, 0.5) is 0 Å². The van der Waals surface area contributed by atoms with Crippen molar-refractivity contribution in [1.29, 1.82) is 0 Å². The van der Waals surface area contributed by atoms with Crippen LogP contribution in [0.5, 0.6) is 11.5 Å². The van der Waals surface area contributed by atoms with Gasteiger partial charge in [-0.15, -0.1) is 0 Å². The third-order valence-electron chi connectivity index (χ3n) is 4.57. The van der Waals surface area contributed by atoms with Crippen LogP contribution in [-0.2, 0) is 9.53 Å². The molecule has 1 aliphatic rings. The minimum atomic E-state index is -0.485. The molecular weight excluding hydrogens is 326 g/mol. The average molecular weight is 347 g/mol. The van der Waals surface area contributed by atoms with E-state index >= 15 is 0 Å². The standard InChI is InChI=1S/C18H21NO6/c1-9-6-12(21)17-14(23)7-13(22)16(18(17)24-9)11-4-5-19(3)8-15(11)25-10(2)20/h6-7,11,15,22-23H,4-5,8H2,1-3H3. The second-order valence-corrected chi connectivity index (χ2v) is 6.56. The Balaban J connectivity index is 2.23. The van der Waals surface area contributed by atoms with Crippen molar-refractivity contribution >= 4 is 16.9 Å². The summed E-state index contributed by atoms with van der Waals surface area (Å²) in [6, 6.07) is 2.44. The van der Waals surface area contributed by atoms with E-state index in [9.17, 15) is 19.8 Å². The number of nitrogens with zero attached hydrogens (tertiary/aromatic N) is 1. The maximum atomic E-state index is 12.3. The van der Waals surface area contributed by atoms with E-state index in [0.717, 1.165) is 12.6 Å². The summed E-state index contributed by atoms with van der Waals surface area (Å²) in [5.41, 5.74) is 0.164. The van der Waals surface area contributed by atoms with Gasteiger partial charge in [-0.25, -0.2) is 0 Å². The molecule has 2 aromatic rings. The first-order chi connectivity index (χ1) is 11.8. The Morgan fingerprint density at radius 1 is 1.32 bits per heavy atom. The van der Waals surface area contributed by atoms with E-state index in [1.807, 2.05) is 11.9 Å². The van der Waals surface area contributed by atoms with E-state index in [4.69, 9.17) is 9.15 Å². The van der Waals surface area contributed by atoms with Gasteiger partial charge < -0.3 is 24.3 Å². The molecule has 0 radical (unpaired) electrons. The van der Waals surface area contributed by atoms with Gasteiger partial charge in [-0.1, -0.05) is 0 Å². The van der Waals surface area contributed by atoms with Gasteiger partial charge in [0.1, 0.15) is 34.3 Å². The number of carbonyl (C=O) groups excluding carboxylic acids is 1. The molecule has 0 spiro atoms. The number of likely N-dealkylation sites (N-methyl/N-ethyl adjacent to an activating group) is 1. The van der Waals surface area contributed by atoms with Crippen LogP contribution in [0, 0.1) is 6.92 Å². The van der Waals surface area contributed by atoms with Crippen LogP contribution in [-0.4, -0.2) is 47.3 Å². The summed E-state index contributed by atoms with van der Waals surface area (Å²) in [5.74, 6) is -0.883. The summed E-state index contributed by atoms with van der Waals surface area (Å²) < 4.78 is 11.1. The number of carbonyl (C=O) groups is 1. The first-order valence-corrected chi connectivity index (χ1v) is 8.13. The first-order valence-electron chi connectivity index (χ1n) is 8.13. The molecule has 7 heteroatoms. The lowest BCUT2D eigenvalue weighted by Crippen LogP contribution is -2.43. The van der Waals surface area contributed by atoms with Gasteiger partial charge in [0.15, 0.2) is 5.43 Å². The molecule has 0 amide bonds. The molecule has 0 saturated carbocycles. The molecule has 134 valence electrons. The number of phenols is 2. The fourth-order valence-electron chi connectivity index (χ4n) is 3.53. The van der Waals surface area contributed by atoms with Crippen LogP contribution in [0.25, 0.3) is 11.0 Å². The number of likely N-dealkylation sites (tertiary alicyclic amines) is 1. The van der Waals surface area contributed by atoms with Crippen LogP contribution >= 0.6 is 0 Å². The second-order valence-electron chi connectivity index (χ2n) is 6.56. The van der Waals surface area contributed by atoms with E-state index in [-0.39, 0.29) is 33.8 Å². The highest BCUT2D eigenvalue weighted by atomic mass is 16.5. The molecule has 1 aromatic heterocycles. The predicted molar refractivity (Wildman–Crippen MR) is 91.0 cm³/mol. The topological polar surface area (TPSA) is 100 Å². The third kappa shape index (κ3) is 3.19. The van der Waals surface area contributed by atoms with Gasteiger partial charge in [-0.2, -0.15) is 0 Å². The fraction of sp³-hybridized carbons (Fsp3) is 0.444. The first kappa shape index (κ1) is 17.3. The number of fused-ring (bicyclic) bond motifs is 1. The predicted octanol–water partition coefficient (Wildman–Crippen LogP) is 1.86. The van der Waals surface area contributed by atoms with Crippen molar-refractivity contribution in [3.05, 3.63) is 33.7 Å². The second kappa shape index (κ2) is 6.40. The van der Waals surface area contributed by atoms with Gasteiger partial charge in [0.25, 0.3) is 0 Å². The summed E-state index contributed by atoms with van der Waals surface area (Å²) in [4.78, 5) is 25.8. The number of piperidine rings is 1. The lowest BCUT2D eigenvalue weighted by Gasteiger charge is -2.36. The Kier molecular flexibility index (Phi) is 4.43. The quantitative estimate of drug-likeness (QED) is 0.800. The van der Waals surface area contributed by atoms with Gasteiger partial charge in [0, 0.05) is 37.1 Å². The van der Waals surface area contributed by atoms with Crippen molar-refractivity contribution in [2.24, 2.45) is 0 Å². The van der Waals surface area contributed by atoms with Gasteiger partial charge >= 0.3 is 5.97 Å². The van der Waals surface area contributed by atoms with Gasteiger partial charge in [-0.05, 0) is 26.9 Å².